The van der Waals surface area contributed by atoms with Crippen LogP contribution in [0.25, 0.3) is 0 Å². The van der Waals surface area contributed by atoms with Gasteiger partial charge in [-0.25, -0.2) is 0 Å². The van der Waals surface area contributed by atoms with E-state index in [1.54, 1.807) is 17.8 Å². The number of nitrogens with one attached hydrogen (secondary N) is 3. The first-order valence-corrected chi connectivity index (χ1v) is 9.73. The second-order valence-corrected chi connectivity index (χ2v) is 7.85. The van der Waals surface area contributed by atoms with Crippen molar-refractivity contribution in [1.82, 2.24) is 5.32 Å². The average molecular weight is 348 g/mol. The average Bonchev–Trinajstić information content (AvgIpc) is 2.61. The van der Waals surface area contributed by atoms with Gasteiger partial charge in [0.2, 0.25) is 5.37 Å². The number of hydrogen-bond acceptors (Lipinski definition) is 3. The molecule has 1 saturated heterocycles. The molecule has 0 radical (unpaired) electrons. The lowest BCUT2D eigenvalue weighted by atomic mass is 10.1. The minimum atomic E-state index is -0.0878. The highest BCUT2D eigenvalue weighted by Crippen LogP contribution is 2.34. The minimum Gasteiger partial charge on any atom is -0.350 e. The van der Waals surface area contributed by atoms with Gasteiger partial charge in [0.25, 0.3) is 11.8 Å². The molecule has 2 amide bonds. The summed E-state index contributed by atoms with van der Waals surface area (Å²) in [6, 6.07) is 5.74. The van der Waals surface area contributed by atoms with E-state index in [0.29, 0.717) is 5.56 Å². The molecule has 3 rings (SSSR count). The van der Waals surface area contributed by atoms with Gasteiger partial charge in [-0.05, 0) is 50.8 Å². The number of piperidine rings is 1. The van der Waals surface area contributed by atoms with Crippen LogP contribution in [0.3, 0.4) is 0 Å². The molecular weight excluding hydrogens is 322 g/mol. The highest BCUT2D eigenvalue weighted by Gasteiger charge is 2.36. The molecule has 1 aromatic carbocycles. The summed E-state index contributed by atoms with van der Waals surface area (Å²) in [6.07, 6.45) is 4.56. The highest BCUT2D eigenvalue weighted by atomic mass is 32.2. The lowest BCUT2D eigenvalue weighted by Crippen LogP contribution is -3.17. The Bertz CT molecular complexity index is 629. The summed E-state index contributed by atoms with van der Waals surface area (Å²) in [5.41, 5.74) is 1.35. The number of fused-ring (bicyclic) bond motifs is 1. The molecule has 0 aromatic heterocycles. The summed E-state index contributed by atoms with van der Waals surface area (Å²) in [5.74, 6) is -0.0286. The number of anilines is 1. The Balaban J connectivity index is 1.74. The van der Waals surface area contributed by atoms with Gasteiger partial charge >= 0.3 is 0 Å². The van der Waals surface area contributed by atoms with E-state index in [4.69, 9.17) is 0 Å². The lowest BCUT2D eigenvalue weighted by molar-refractivity contribution is -0.906. The number of amides is 2. The standard InChI is InChI=1S/C18H25N3O2S/c1-3-12(2)19-16(22)13-7-8-15-14(11-13)20-17(23)18(24-15)21-9-5-4-6-10-21/h7-8,11-12,18H,3-6,9-10H2,1-2H3,(H,19,22)(H,20,23)/p+1. The Kier molecular flexibility index (Phi) is 5.46. The van der Waals surface area contributed by atoms with E-state index >= 15 is 0 Å². The van der Waals surface area contributed by atoms with E-state index in [1.165, 1.54) is 24.2 Å². The normalized spacial score (nSPS) is 22.4. The summed E-state index contributed by atoms with van der Waals surface area (Å²) in [7, 11) is 0. The van der Waals surface area contributed by atoms with E-state index in [0.717, 1.165) is 30.1 Å². The third-order valence-electron chi connectivity index (χ3n) is 4.84. The van der Waals surface area contributed by atoms with Crippen LogP contribution in [-0.4, -0.2) is 36.3 Å². The van der Waals surface area contributed by atoms with Gasteiger partial charge in [-0.1, -0.05) is 18.7 Å². The van der Waals surface area contributed by atoms with Crippen molar-refractivity contribution in [2.24, 2.45) is 0 Å². The maximum atomic E-state index is 12.5. The molecule has 6 heteroatoms. The monoisotopic (exact) mass is 348 g/mol. The van der Waals surface area contributed by atoms with Gasteiger partial charge in [0.15, 0.2) is 0 Å². The van der Waals surface area contributed by atoms with Crippen LogP contribution in [0.1, 0.15) is 49.9 Å². The van der Waals surface area contributed by atoms with Crippen LogP contribution < -0.4 is 15.5 Å². The van der Waals surface area contributed by atoms with Crippen molar-refractivity contribution in [3.63, 3.8) is 0 Å². The fraction of sp³-hybridized carbons (Fsp3) is 0.556. The summed E-state index contributed by atoms with van der Waals surface area (Å²) >= 11 is 1.63. The van der Waals surface area contributed by atoms with Gasteiger partial charge in [0.05, 0.1) is 18.8 Å². The summed E-state index contributed by atoms with van der Waals surface area (Å²) < 4.78 is 0. The van der Waals surface area contributed by atoms with Crippen LogP contribution in [-0.2, 0) is 4.79 Å². The molecule has 0 spiro atoms. The molecular formula is C18H26N3O2S+. The number of carbonyl (C=O) groups excluding carboxylic acids is 2. The fourth-order valence-electron chi connectivity index (χ4n) is 3.20. The van der Waals surface area contributed by atoms with Gasteiger partial charge in [0, 0.05) is 16.5 Å². The van der Waals surface area contributed by atoms with Crippen LogP contribution >= 0.6 is 11.8 Å². The molecule has 2 heterocycles. The van der Waals surface area contributed by atoms with Crippen molar-refractivity contribution < 1.29 is 14.5 Å². The number of rotatable bonds is 4. The Morgan fingerprint density at radius 3 is 2.83 bits per heavy atom. The molecule has 2 aliphatic rings. The van der Waals surface area contributed by atoms with E-state index in [-0.39, 0.29) is 23.2 Å². The lowest BCUT2D eigenvalue weighted by Gasteiger charge is -2.33. The second kappa shape index (κ2) is 7.57. The second-order valence-electron chi connectivity index (χ2n) is 6.70. The quantitative estimate of drug-likeness (QED) is 0.775. The van der Waals surface area contributed by atoms with Crippen molar-refractivity contribution >= 4 is 29.3 Å². The van der Waals surface area contributed by atoms with E-state index in [2.05, 4.69) is 10.6 Å². The maximum Gasteiger partial charge on any atom is 0.294 e. The van der Waals surface area contributed by atoms with Crippen molar-refractivity contribution in [2.45, 2.75) is 55.8 Å². The molecule has 2 aliphatic heterocycles. The Labute approximate surface area is 147 Å². The summed E-state index contributed by atoms with van der Waals surface area (Å²) in [4.78, 5) is 27.2. The molecule has 130 valence electrons. The summed E-state index contributed by atoms with van der Waals surface area (Å²) in [6.45, 7) is 6.16. The Morgan fingerprint density at radius 1 is 1.38 bits per heavy atom. The molecule has 5 nitrogen and oxygen atoms in total. The van der Waals surface area contributed by atoms with E-state index in [1.807, 2.05) is 26.0 Å². The number of likely N-dealkylation sites (tertiary alicyclic amines) is 1. The van der Waals surface area contributed by atoms with Crippen molar-refractivity contribution in [3.05, 3.63) is 23.8 Å². The van der Waals surface area contributed by atoms with Crippen LogP contribution in [0.2, 0.25) is 0 Å². The largest absolute Gasteiger partial charge is 0.350 e. The zero-order chi connectivity index (χ0) is 17.1. The predicted molar refractivity (Wildman–Crippen MR) is 96.5 cm³/mol. The molecule has 1 fully saturated rings. The van der Waals surface area contributed by atoms with Gasteiger partial charge < -0.3 is 15.5 Å². The summed E-state index contributed by atoms with van der Waals surface area (Å²) in [5, 5.41) is 5.90. The Morgan fingerprint density at radius 2 is 2.12 bits per heavy atom. The highest BCUT2D eigenvalue weighted by molar-refractivity contribution is 8.00. The van der Waals surface area contributed by atoms with Crippen LogP contribution in [0.5, 0.6) is 0 Å². The minimum absolute atomic E-state index is 0.0592. The number of carbonyl (C=O) groups is 2. The first-order valence-electron chi connectivity index (χ1n) is 8.85. The van der Waals surface area contributed by atoms with Gasteiger partial charge in [-0.2, -0.15) is 0 Å². The number of hydrogen-bond donors (Lipinski definition) is 3. The third-order valence-corrected chi connectivity index (χ3v) is 6.23. The van der Waals surface area contributed by atoms with Crippen molar-refractivity contribution in [1.29, 1.82) is 0 Å². The van der Waals surface area contributed by atoms with Crippen LogP contribution in [0.15, 0.2) is 23.1 Å². The maximum absolute atomic E-state index is 12.5. The molecule has 0 bridgehead atoms. The van der Waals surface area contributed by atoms with E-state index in [9.17, 15) is 9.59 Å². The van der Waals surface area contributed by atoms with Crippen LogP contribution in [0.4, 0.5) is 5.69 Å². The zero-order valence-electron chi connectivity index (χ0n) is 14.4. The molecule has 1 aromatic rings. The van der Waals surface area contributed by atoms with Gasteiger partial charge in [0.1, 0.15) is 0 Å². The van der Waals surface area contributed by atoms with Gasteiger partial charge in [-0.3, -0.25) is 9.59 Å². The molecule has 0 saturated carbocycles. The number of benzene rings is 1. The topological polar surface area (TPSA) is 62.6 Å². The van der Waals surface area contributed by atoms with E-state index < -0.39 is 0 Å². The molecule has 0 aliphatic carbocycles. The predicted octanol–water partition coefficient (Wildman–Crippen LogP) is 1.65. The molecule has 2 atom stereocenters. The first-order chi connectivity index (χ1) is 11.6. The fourth-order valence-corrected chi connectivity index (χ4v) is 4.40. The first kappa shape index (κ1) is 17.3. The number of quaternary nitrogens is 1. The van der Waals surface area contributed by atoms with Crippen molar-refractivity contribution in [3.8, 4) is 0 Å². The molecule has 2 unspecified atom stereocenters. The smallest absolute Gasteiger partial charge is 0.294 e. The van der Waals surface area contributed by atoms with Crippen LogP contribution in [0, 0.1) is 0 Å². The SMILES string of the molecule is CCC(C)NC(=O)c1ccc2c(c1)NC(=O)C([NH+]1CCCCC1)S2. The third kappa shape index (κ3) is 3.75. The zero-order valence-corrected chi connectivity index (χ0v) is 15.2. The molecule has 24 heavy (non-hydrogen) atoms. The number of thioether (sulfide) groups is 1. The Hall–Kier alpha value is -1.53. The van der Waals surface area contributed by atoms with Gasteiger partial charge in [-0.15, -0.1) is 0 Å². The molecule has 3 N–H and O–H groups in total. The van der Waals surface area contributed by atoms with Crippen molar-refractivity contribution in [2.75, 3.05) is 18.4 Å².